The topological polar surface area (TPSA) is 35.2 Å². The standard InChI is InChI=1S/C10H12F3NO.ClH/c1-2-9(14)7-4-3-5-8(6-7)15-10(11,12)13;/h3-6,9H,2,14H2,1H3;1H/t9-;/m0./s1. The zero-order chi connectivity index (χ0) is 11.5. The quantitative estimate of drug-likeness (QED) is 0.898. The van der Waals surface area contributed by atoms with E-state index in [1.807, 2.05) is 6.92 Å². The lowest BCUT2D eigenvalue weighted by Gasteiger charge is -2.12. The highest BCUT2D eigenvalue weighted by molar-refractivity contribution is 5.85. The number of ether oxygens (including phenoxy) is 1. The fraction of sp³-hybridized carbons (Fsp3) is 0.400. The molecule has 6 heteroatoms. The molecule has 0 aliphatic heterocycles. The van der Waals surface area contributed by atoms with Crippen LogP contribution in [0.25, 0.3) is 0 Å². The van der Waals surface area contributed by atoms with Crippen molar-refractivity contribution in [1.82, 2.24) is 0 Å². The molecule has 1 atom stereocenters. The van der Waals surface area contributed by atoms with E-state index in [4.69, 9.17) is 5.73 Å². The molecular formula is C10H13ClF3NO. The third kappa shape index (κ3) is 4.72. The lowest BCUT2D eigenvalue weighted by molar-refractivity contribution is -0.274. The van der Waals surface area contributed by atoms with Crippen molar-refractivity contribution >= 4 is 12.4 Å². The zero-order valence-corrected chi connectivity index (χ0v) is 9.44. The van der Waals surface area contributed by atoms with Crippen molar-refractivity contribution in [2.45, 2.75) is 25.7 Å². The van der Waals surface area contributed by atoms with Crippen LogP contribution in [0.15, 0.2) is 24.3 Å². The van der Waals surface area contributed by atoms with E-state index in [9.17, 15) is 13.2 Å². The van der Waals surface area contributed by atoms with E-state index in [1.54, 1.807) is 6.07 Å². The van der Waals surface area contributed by atoms with Crippen LogP contribution < -0.4 is 10.5 Å². The van der Waals surface area contributed by atoms with Gasteiger partial charge in [-0.25, -0.2) is 0 Å². The van der Waals surface area contributed by atoms with Crippen molar-refractivity contribution in [2.24, 2.45) is 5.73 Å². The Morgan fingerprint density at radius 1 is 1.38 bits per heavy atom. The summed E-state index contributed by atoms with van der Waals surface area (Å²) in [7, 11) is 0. The zero-order valence-electron chi connectivity index (χ0n) is 8.62. The van der Waals surface area contributed by atoms with Gasteiger partial charge in [0.25, 0.3) is 0 Å². The number of benzene rings is 1. The summed E-state index contributed by atoms with van der Waals surface area (Å²) in [6.07, 6.45) is -4.00. The van der Waals surface area contributed by atoms with Crippen LogP contribution in [-0.2, 0) is 0 Å². The fourth-order valence-electron chi connectivity index (χ4n) is 1.18. The Morgan fingerprint density at radius 3 is 2.50 bits per heavy atom. The number of nitrogens with two attached hydrogens (primary N) is 1. The minimum atomic E-state index is -4.66. The third-order valence-electron chi connectivity index (χ3n) is 1.96. The largest absolute Gasteiger partial charge is 0.573 e. The van der Waals surface area contributed by atoms with Gasteiger partial charge in [-0.05, 0) is 24.1 Å². The highest BCUT2D eigenvalue weighted by Crippen LogP contribution is 2.25. The van der Waals surface area contributed by atoms with Crippen LogP contribution in [0.1, 0.15) is 24.9 Å². The summed E-state index contributed by atoms with van der Waals surface area (Å²) in [5.41, 5.74) is 6.33. The summed E-state index contributed by atoms with van der Waals surface area (Å²) in [5, 5.41) is 0. The van der Waals surface area contributed by atoms with E-state index in [-0.39, 0.29) is 24.2 Å². The van der Waals surface area contributed by atoms with Crippen molar-refractivity contribution in [3.05, 3.63) is 29.8 Å². The van der Waals surface area contributed by atoms with Crippen molar-refractivity contribution in [1.29, 1.82) is 0 Å². The number of hydrogen-bond donors (Lipinski definition) is 1. The van der Waals surface area contributed by atoms with E-state index in [2.05, 4.69) is 4.74 Å². The second kappa shape index (κ2) is 5.96. The first-order chi connectivity index (χ1) is 6.92. The fourth-order valence-corrected chi connectivity index (χ4v) is 1.18. The molecule has 1 aromatic carbocycles. The van der Waals surface area contributed by atoms with E-state index >= 15 is 0 Å². The van der Waals surface area contributed by atoms with Gasteiger partial charge in [0.15, 0.2) is 0 Å². The highest BCUT2D eigenvalue weighted by atomic mass is 35.5. The first-order valence-electron chi connectivity index (χ1n) is 4.53. The summed E-state index contributed by atoms with van der Waals surface area (Å²) in [4.78, 5) is 0. The number of hydrogen-bond acceptors (Lipinski definition) is 2. The maximum absolute atomic E-state index is 11.9. The van der Waals surface area contributed by atoms with Gasteiger partial charge in [0.2, 0.25) is 0 Å². The van der Waals surface area contributed by atoms with Gasteiger partial charge in [0, 0.05) is 6.04 Å². The summed E-state index contributed by atoms with van der Waals surface area (Å²) < 4.78 is 39.5. The van der Waals surface area contributed by atoms with Crippen molar-refractivity contribution < 1.29 is 17.9 Å². The van der Waals surface area contributed by atoms with Gasteiger partial charge >= 0.3 is 6.36 Å². The Labute approximate surface area is 98.0 Å². The molecule has 0 fully saturated rings. The second-order valence-corrected chi connectivity index (χ2v) is 3.14. The Kier molecular flexibility index (Phi) is 5.61. The SMILES string of the molecule is CC[C@H](N)c1cccc(OC(F)(F)F)c1.Cl. The lowest BCUT2D eigenvalue weighted by atomic mass is 10.1. The maximum atomic E-state index is 11.9. The molecule has 0 aliphatic carbocycles. The highest BCUT2D eigenvalue weighted by Gasteiger charge is 2.31. The van der Waals surface area contributed by atoms with Gasteiger partial charge in [-0.15, -0.1) is 25.6 Å². The van der Waals surface area contributed by atoms with E-state index in [1.165, 1.54) is 18.2 Å². The molecule has 0 saturated carbocycles. The molecule has 0 amide bonds. The Hall–Kier alpha value is -0.940. The molecule has 0 heterocycles. The summed E-state index contributed by atoms with van der Waals surface area (Å²) in [6.45, 7) is 1.86. The average molecular weight is 256 g/mol. The average Bonchev–Trinajstić information content (AvgIpc) is 2.14. The maximum Gasteiger partial charge on any atom is 0.573 e. The molecule has 0 unspecified atom stereocenters. The predicted octanol–water partition coefficient (Wildman–Crippen LogP) is 3.42. The second-order valence-electron chi connectivity index (χ2n) is 3.14. The van der Waals surface area contributed by atoms with Crippen LogP contribution in [0, 0.1) is 0 Å². The van der Waals surface area contributed by atoms with Crippen molar-refractivity contribution in [3.8, 4) is 5.75 Å². The van der Waals surface area contributed by atoms with Gasteiger partial charge in [-0.2, -0.15) is 0 Å². The predicted molar refractivity (Wildman–Crippen MR) is 57.6 cm³/mol. The molecule has 0 radical (unpaired) electrons. The Bertz CT molecular complexity index is 330. The van der Waals surface area contributed by atoms with Crippen LogP contribution in [0.5, 0.6) is 5.75 Å². The molecule has 0 aromatic heterocycles. The van der Waals surface area contributed by atoms with Crippen LogP contribution in [-0.4, -0.2) is 6.36 Å². The monoisotopic (exact) mass is 255 g/mol. The molecule has 16 heavy (non-hydrogen) atoms. The molecule has 2 N–H and O–H groups in total. The smallest absolute Gasteiger partial charge is 0.406 e. The van der Waals surface area contributed by atoms with E-state index in [0.29, 0.717) is 12.0 Å². The van der Waals surface area contributed by atoms with Gasteiger partial charge in [-0.3, -0.25) is 0 Å². The first kappa shape index (κ1) is 15.1. The number of rotatable bonds is 3. The van der Waals surface area contributed by atoms with Crippen LogP contribution >= 0.6 is 12.4 Å². The molecule has 1 rings (SSSR count). The molecular weight excluding hydrogens is 243 g/mol. The lowest BCUT2D eigenvalue weighted by Crippen LogP contribution is -2.17. The van der Waals surface area contributed by atoms with Crippen molar-refractivity contribution in [3.63, 3.8) is 0 Å². The molecule has 1 aromatic rings. The third-order valence-corrected chi connectivity index (χ3v) is 1.96. The normalized spacial score (nSPS) is 12.8. The van der Waals surface area contributed by atoms with Crippen LogP contribution in [0.2, 0.25) is 0 Å². The Morgan fingerprint density at radius 2 is 2.00 bits per heavy atom. The Balaban J connectivity index is 0.00000225. The summed E-state index contributed by atoms with van der Waals surface area (Å²) in [5.74, 6) is -0.232. The minimum Gasteiger partial charge on any atom is -0.406 e. The van der Waals surface area contributed by atoms with Gasteiger partial charge in [0.1, 0.15) is 5.75 Å². The molecule has 0 spiro atoms. The minimum absolute atomic E-state index is 0. The van der Waals surface area contributed by atoms with E-state index < -0.39 is 6.36 Å². The summed E-state index contributed by atoms with van der Waals surface area (Å²) in [6, 6.07) is 5.46. The number of halogens is 4. The van der Waals surface area contributed by atoms with Crippen LogP contribution in [0.3, 0.4) is 0 Å². The molecule has 0 aliphatic rings. The van der Waals surface area contributed by atoms with Gasteiger partial charge in [-0.1, -0.05) is 19.1 Å². The summed E-state index contributed by atoms with van der Waals surface area (Å²) >= 11 is 0. The van der Waals surface area contributed by atoms with Crippen LogP contribution in [0.4, 0.5) is 13.2 Å². The van der Waals surface area contributed by atoms with E-state index in [0.717, 1.165) is 0 Å². The van der Waals surface area contributed by atoms with Crippen molar-refractivity contribution in [2.75, 3.05) is 0 Å². The van der Waals surface area contributed by atoms with Gasteiger partial charge < -0.3 is 10.5 Å². The molecule has 2 nitrogen and oxygen atoms in total. The number of alkyl halides is 3. The van der Waals surface area contributed by atoms with Gasteiger partial charge in [0.05, 0.1) is 0 Å². The first-order valence-corrected chi connectivity index (χ1v) is 4.53. The molecule has 0 saturated heterocycles. The molecule has 92 valence electrons. The molecule has 0 bridgehead atoms.